The molecule has 0 heterocycles. The van der Waals surface area contributed by atoms with Gasteiger partial charge in [-0.3, -0.25) is 0 Å². The smallest absolute Gasteiger partial charge is 0.124 e. The van der Waals surface area contributed by atoms with Crippen LogP contribution < -0.4 is 0 Å². The summed E-state index contributed by atoms with van der Waals surface area (Å²) >= 11 is 0. The van der Waals surface area contributed by atoms with Crippen LogP contribution in [0.1, 0.15) is 76.3 Å². The van der Waals surface area contributed by atoms with Gasteiger partial charge in [0.2, 0.25) is 0 Å². The standard InChI is InChI=1S/C26H34.C20H14O2.Ti/c1-17-13-21(14-18(17)2)23-9-5-7-11-25(23)26-12-8-6-10-24(26)22-15-19(3)20(4)16-22;21-17-11-9-13-5-1-3-7-15(13)19(17)20-16-8-4-2-6-14(16)10-12-18(20)22;/h5-12,17-22H,13-16H2,1-4H3;1-12,21-22H;. The van der Waals surface area contributed by atoms with Crippen molar-refractivity contribution in [2.75, 3.05) is 0 Å². The maximum absolute atomic E-state index is 10.4. The normalized spacial score (nSPS) is 23.2. The van der Waals surface area contributed by atoms with Crippen molar-refractivity contribution in [3.63, 3.8) is 0 Å². The van der Waals surface area contributed by atoms with Crippen molar-refractivity contribution < 1.29 is 31.9 Å². The second kappa shape index (κ2) is 15.0. The van der Waals surface area contributed by atoms with E-state index in [1.165, 1.54) is 36.8 Å². The van der Waals surface area contributed by atoms with Crippen LogP contribution in [0, 0.1) is 23.7 Å². The Morgan fingerprint density at radius 1 is 0.408 bits per heavy atom. The largest absolute Gasteiger partial charge is 0.507 e. The Bertz CT molecular complexity index is 1900. The second-order valence-electron chi connectivity index (χ2n) is 14.8. The van der Waals surface area contributed by atoms with Crippen LogP contribution in [0.5, 0.6) is 11.5 Å². The maximum atomic E-state index is 10.4. The zero-order chi connectivity index (χ0) is 33.4. The van der Waals surface area contributed by atoms with Gasteiger partial charge in [0.05, 0.1) is 0 Å². The molecule has 3 heteroatoms. The monoisotopic (exact) mass is 680 g/mol. The quantitative estimate of drug-likeness (QED) is 0.182. The van der Waals surface area contributed by atoms with E-state index in [1.54, 1.807) is 23.3 Å². The van der Waals surface area contributed by atoms with Gasteiger partial charge in [0.15, 0.2) is 0 Å². The fourth-order valence-electron chi connectivity index (χ4n) is 8.67. The number of benzene rings is 6. The minimum atomic E-state index is 0. The SMILES string of the molecule is CC1CC(c2ccccc2-c2ccccc2C2CC(C)C(C)C2)CC1C.Oc1ccc2ccccc2c1-c1c(O)ccc2ccccc12.[Ti]. The van der Waals surface area contributed by atoms with Crippen LogP contribution in [-0.2, 0) is 21.7 Å². The van der Waals surface area contributed by atoms with Gasteiger partial charge in [-0.05, 0) is 117 Å². The number of hydrogen-bond donors (Lipinski definition) is 2. The van der Waals surface area contributed by atoms with E-state index >= 15 is 0 Å². The predicted octanol–water partition coefficient (Wildman–Crippen LogP) is 12.7. The molecular weight excluding hydrogens is 632 g/mol. The molecule has 6 aromatic rings. The molecule has 2 fully saturated rings. The average molecular weight is 681 g/mol. The predicted molar refractivity (Wildman–Crippen MR) is 203 cm³/mol. The van der Waals surface area contributed by atoms with Crippen LogP contribution in [-0.4, -0.2) is 10.2 Å². The molecule has 0 saturated heterocycles. The van der Waals surface area contributed by atoms with Crippen LogP contribution in [0.2, 0.25) is 0 Å². The molecule has 2 aliphatic carbocycles. The van der Waals surface area contributed by atoms with Crippen molar-refractivity contribution in [1.29, 1.82) is 0 Å². The number of rotatable bonds is 4. The second-order valence-corrected chi connectivity index (χ2v) is 14.8. The summed E-state index contributed by atoms with van der Waals surface area (Å²) in [5.74, 6) is 5.19. The van der Waals surface area contributed by atoms with E-state index < -0.39 is 0 Å². The molecule has 2 saturated carbocycles. The molecule has 0 aliphatic heterocycles. The van der Waals surface area contributed by atoms with Crippen molar-refractivity contribution in [2.24, 2.45) is 23.7 Å². The Morgan fingerprint density at radius 2 is 0.735 bits per heavy atom. The van der Waals surface area contributed by atoms with E-state index in [0.29, 0.717) is 11.1 Å². The van der Waals surface area contributed by atoms with Crippen molar-refractivity contribution in [3.8, 4) is 33.8 Å². The van der Waals surface area contributed by atoms with Crippen LogP contribution in [0.25, 0.3) is 43.8 Å². The number of phenols is 2. The minimum absolute atomic E-state index is 0. The number of phenolic OH excluding ortho intramolecular Hbond substituents is 2. The third-order valence-electron chi connectivity index (χ3n) is 11.7. The first kappa shape index (κ1) is 35.0. The summed E-state index contributed by atoms with van der Waals surface area (Å²) in [5.41, 5.74) is 7.54. The Morgan fingerprint density at radius 3 is 1.12 bits per heavy atom. The molecule has 0 spiro atoms. The molecule has 6 aromatic carbocycles. The van der Waals surface area contributed by atoms with Crippen LogP contribution >= 0.6 is 0 Å². The van der Waals surface area contributed by atoms with Gasteiger partial charge in [-0.2, -0.15) is 0 Å². The average Bonchev–Trinajstić information content (AvgIpc) is 3.64. The molecular formula is C46H48O2Ti. The van der Waals surface area contributed by atoms with Crippen molar-refractivity contribution in [1.82, 2.24) is 0 Å². The molecule has 4 atom stereocenters. The number of hydrogen-bond acceptors (Lipinski definition) is 2. The van der Waals surface area contributed by atoms with Gasteiger partial charge in [0, 0.05) is 32.8 Å². The van der Waals surface area contributed by atoms with Crippen molar-refractivity contribution >= 4 is 21.5 Å². The Labute approximate surface area is 307 Å². The Balaban J connectivity index is 0.000000169. The first-order chi connectivity index (χ1) is 23.3. The number of aromatic hydroxyl groups is 2. The zero-order valence-corrected chi connectivity index (χ0v) is 30.8. The van der Waals surface area contributed by atoms with Crippen LogP contribution in [0.15, 0.2) is 121 Å². The maximum Gasteiger partial charge on any atom is 0.124 e. The van der Waals surface area contributed by atoms with Gasteiger partial charge in [-0.25, -0.2) is 0 Å². The van der Waals surface area contributed by atoms with E-state index in [-0.39, 0.29) is 33.2 Å². The van der Waals surface area contributed by atoms with Gasteiger partial charge in [0.25, 0.3) is 0 Å². The molecule has 4 unspecified atom stereocenters. The topological polar surface area (TPSA) is 40.5 Å². The summed E-state index contributed by atoms with van der Waals surface area (Å²) in [6.45, 7) is 9.73. The molecule has 2 nitrogen and oxygen atoms in total. The molecule has 0 radical (unpaired) electrons. The molecule has 0 aromatic heterocycles. The first-order valence-electron chi connectivity index (χ1n) is 17.9. The van der Waals surface area contributed by atoms with E-state index in [4.69, 9.17) is 0 Å². The first-order valence-corrected chi connectivity index (χ1v) is 17.9. The molecule has 2 aliphatic rings. The molecule has 8 rings (SSSR count). The van der Waals surface area contributed by atoms with E-state index in [1.807, 2.05) is 60.7 Å². The molecule has 0 bridgehead atoms. The third-order valence-corrected chi connectivity index (χ3v) is 11.7. The number of fused-ring (bicyclic) bond motifs is 2. The molecule has 2 N–H and O–H groups in total. The van der Waals surface area contributed by atoms with Crippen molar-refractivity contribution in [2.45, 2.75) is 65.2 Å². The summed E-state index contributed by atoms with van der Waals surface area (Å²) in [6.07, 6.45) is 5.38. The van der Waals surface area contributed by atoms with Crippen LogP contribution in [0.3, 0.4) is 0 Å². The minimum Gasteiger partial charge on any atom is -0.507 e. The fraction of sp³-hybridized carbons (Fsp3) is 0.304. The van der Waals surface area contributed by atoms with Crippen molar-refractivity contribution in [3.05, 3.63) is 132 Å². The van der Waals surface area contributed by atoms with E-state index in [9.17, 15) is 10.2 Å². The van der Waals surface area contributed by atoms with E-state index in [2.05, 4.69) is 76.2 Å². The molecule has 248 valence electrons. The summed E-state index contributed by atoms with van der Waals surface area (Å²) in [5, 5.41) is 24.8. The van der Waals surface area contributed by atoms with Gasteiger partial charge in [0.1, 0.15) is 11.5 Å². The summed E-state index contributed by atoms with van der Waals surface area (Å²) in [4.78, 5) is 0. The summed E-state index contributed by atoms with van der Waals surface area (Å²) < 4.78 is 0. The Kier molecular flexibility index (Phi) is 10.7. The molecule has 0 amide bonds. The van der Waals surface area contributed by atoms with Gasteiger partial charge < -0.3 is 10.2 Å². The third kappa shape index (κ3) is 6.96. The van der Waals surface area contributed by atoms with Gasteiger partial charge >= 0.3 is 0 Å². The zero-order valence-electron chi connectivity index (χ0n) is 29.2. The molecule has 49 heavy (non-hydrogen) atoms. The van der Waals surface area contributed by atoms with Gasteiger partial charge in [-0.1, -0.05) is 137 Å². The summed E-state index contributed by atoms with van der Waals surface area (Å²) in [6, 6.07) is 41.4. The van der Waals surface area contributed by atoms with E-state index in [0.717, 1.165) is 57.1 Å². The van der Waals surface area contributed by atoms with Gasteiger partial charge in [-0.15, -0.1) is 0 Å². The Hall–Kier alpha value is -3.85. The van der Waals surface area contributed by atoms with Crippen LogP contribution in [0.4, 0.5) is 0 Å². The fourth-order valence-corrected chi connectivity index (χ4v) is 8.67. The summed E-state index contributed by atoms with van der Waals surface area (Å²) in [7, 11) is 0.